The van der Waals surface area contributed by atoms with Crippen molar-refractivity contribution in [2.24, 2.45) is 0 Å². The lowest BCUT2D eigenvalue weighted by Crippen LogP contribution is -2.24. The normalized spacial score (nSPS) is 10.6. The highest BCUT2D eigenvalue weighted by atomic mass is 16.5. The van der Waals surface area contributed by atoms with Crippen molar-refractivity contribution in [3.63, 3.8) is 0 Å². The zero-order valence-corrected chi connectivity index (χ0v) is 19.8. The molecule has 5 aromatic rings. The number of hydrogen-bond acceptors (Lipinski definition) is 6. The van der Waals surface area contributed by atoms with Gasteiger partial charge in [0, 0.05) is 18.8 Å². The zero-order valence-electron chi connectivity index (χ0n) is 19.8. The van der Waals surface area contributed by atoms with Crippen LogP contribution in [-0.4, -0.2) is 9.97 Å². The quantitative estimate of drug-likeness (QED) is 0.245. The predicted molar refractivity (Wildman–Crippen MR) is 145 cm³/mol. The molecular formula is C30H27N5O. The Kier molecular flexibility index (Phi) is 7.04. The van der Waals surface area contributed by atoms with Crippen molar-refractivity contribution in [2.45, 2.75) is 13.1 Å². The lowest BCUT2D eigenvalue weighted by Gasteiger charge is -2.26. The molecule has 0 fully saturated rings. The number of aromatic nitrogens is 2. The molecule has 0 bridgehead atoms. The fourth-order valence-corrected chi connectivity index (χ4v) is 3.92. The van der Waals surface area contributed by atoms with Gasteiger partial charge in [-0.2, -0.15) is 0 Å². The average Bonchev–Trinajstić information content (AvgIpc) is 2.92. The summed E-state index contributed by atoms with van der Waals surface area (Å²) in [6, 6.07) is 38.0. The third kappa shape index (κ3) is 5.80. The van der Waals surface area contributed by atoms with Crippen LogP contribution in [0.5, 0.6) is 11.5 Å². The van der Waals surface area contributed by atoms with E-state index in [1.807, 2.05) is 91.0 Å². The van der Waals surface area contributed by atoms with Crippen molar-refractivity contribution < 1.29 is 4.74 Å². The topological polar surface area (TPSA) is 76.3 Å². The molecule has 0 aliphatic carbocycles. The number of nitrogens with zero attached hydrogens (tertiary/aromatic N) is 3. The molecule has 4 aromatic carbocycles. The summed E-state index contributed by atoms with van der Waals surface area (Å²) in [5.41, 5.74) is 10.3. The molecule has 1 aromatic heterocycles. The smallest absolute Gasteiger partial charge is 0.159 e. The lowest BCUT2D eigenvalue weighted by atomic mass is 10.1. The van der Waals surface area contributed by atoms with Crippen LogP contribution in [0.1, 0.15) is 11.1 Å². The molecule has 0 spiro atoms. The van der Waals surface area contributed by atoms with Crippen molar-refractivity contribution in [3.05, 3.63) is 133 Å². The molecule has 0 aliphatic rings. The van der Waals surface area contributed by atoms with E-state index < -0.39 is 0 Å². The van der Waals surface area contributed by atoms with Crippen LogP contribution in [-0.2, 0) is 13.1 Å². The van der Waals surface area contributed by atoms with E-state index in [-0.39, 0.29) is 0 Å². The molecule has 6 heteroatoms. The second-order valence-electron chi connectivity index (χ2n) is 8.35. The van der Waals surface area contributed by atoms with Gasteiger partial charge in [0.25, 0.3) is 0 Å². The Hall–Kier alpha value is -4.84. The van der Waals surface area contributed by atoms with Crippen LogP contribution in [0.4, 0.5) is 23.0 Å². The van der Waals surface area contributed by atoms with Crippen LogP contribution in [0, 0.1) is 0 Å². The SMILES string of the molecule is Nc1c(Nc2ccc(Oc3ccccc3)cc2)ncnc1N(Cc1ccccc1)Cc1ccccc1. The average molecular weight is 474 g/mol. The summed E-state index contributed by atoms with van der Waals surface area (Å²) >= 11 is 0. The second kappa shape index (κ2) is 11.1. The number of nitrogens with one attached hydrogen (secondary N) is 1. The van der Waals surface area contributed by atoms with Gasteiger partial charge in [-0.15, -0.1) is 0 Å². The molecule has 0 amide bonds. The summed E-state index contributed by atoms with van der Waals surface area (Å²) in [6.07, 6.45) is 1.55. The molecule has 36 heavy (non-hydrogen) atoms. The van der Waals surface area contributed by atoms with Gasteiger partial charge in [-0.25, -0.2) is 9.97 Å². The summed E-state index contributed by atoms with van der Waals surface area (Å²) < 4.78 is 5.89. The third-order valence-electron chi connectivity index (χ3n) is 5.69. The minimum Gasteiger partial charge on any atom is -0.457 e. The van der Waals surface area contributed by atoms with Gasteiger partial charge in [0.05, 0.1) is 0 Å². The molecule has 0 unspecified atom stereocenters. The Morgan fingerprint density at radius 2 is 1.17 bits per heavy atom. The van der Waals surface area contributed by atoms with Crippen LogP contribution in [0.2, 0.25) is 0 Å². The van der Waals surface area contributed by atoms with E-state index in [4.69, 9.17) is 10.5 Å². The Morgan fingerprint density at radius 3 is 1.75 bits per heavy atom. The molecule has 3 N–H and O–H groups in total. The number of hydrogen-bond donors (Lipinski definition) is 2. The van der Waals surface area contributed by atoms with Gasteiger partial charge in [-0.3, -0.25) is 0 Å². The van der Waals surface area contributed by atoms with E-state index >= 15 is 0 Å². The molecule has 178 valence electrons. The lowest BCUT2D eigenvalue weighted by molar-refractivity contribution is 0.483. The first-order valence-electron chi connectivity index (χ1n) is 11.8. The van der Waals surface area contributed by atoms with E-state index in [1.165, 1.54) is 11.1 Å². The van der Waals surface area contributed by atoms with E-state index in [1.54, 1.807) is 6.33 Å². The van der Waals surface area contributed by atoms with Crippen molar-refractivity contribution in [3.8, 4) is 11.5 Å². The highest BCUT2D eigenvalue weighted by molar-refractivity contribution is 5.78. The Bertz CT molecular complexity index is 1340. The molecular weight excluding hydrogens is 446 g/mol. The summed E-state index contributed by atoms with van der Waals surface area (Å²) in [6.45, 7) is 1.34. The van der Waals surface area contributed by atoms with Crippen LogP contribution < -0.4 is 20.7 Å². The van der Waals surface area contributed by atoms with Crippen LogP contribution in [0.3, 0.4) is 0 Å². The number of rotatable bonds is 9. The Balaban J connectivity index is 1.37. The van der Waals surface area contributed by atoms with E-state index in [0.717, 1.165) is 17.2 Å². The number of anilines is 4. The summed E-state index contributed by atoms with van der Waals surface area (Å²) in [4.78, 5) is 11.2. The number of nitrogen functional groups attached to an aromatic ring is 1. The van der Waals surface area contributed by atoms with Crippen LogP contribution in [0.15, 0.2) is 122 Å². The maximum absolute atomic E-state index is 6.62. The molecule has 0 atom stereocenters. The molecule has 0 radical (unpaired) electrons. The monoisotopic (exact) mass is 473 g/mol. The first-order chi connectivity index (χ1) is 17.7. The molecule has 6 nitrogen and oxygen atoms in total. The minimum atomic E-state index is 0.494. The molecule has 5 rings (SSSR count). The number of ether oxygens (including phenoxy) is 1. The van der Waals surface area contributed by atoms with Gasteiger partial charge in [0.2, 0.25) is 0 Å². The van der Waals surface area contributed by atoms with E-state index in [2.05, 4.69) is 44.5 Å². The number of para-hydroxylation sites is 1. The predicted octanol–water partition coefficient (Wildman–Crippen LogP) is 6.80. The fraction of sp³-hybridized carbons (Fsp3) is 0.0667. The van der Waals surface area contributed by atoms with Gasteiger partial charge < -0.3 is 20.7 Å². The highest BCUT2D eigenvalue weighted by Gasteiger charge is 2.17. The minimum absolute atomic E-state index is 0.494. The van der Waals surface area contributed by atoms with Crippen molar-refractivity contribution in [2.75, 3.05) is 16.0 Å². The number of benzene rings is 4. The molecule has 0 saturated carbocycles. The first-order valence-corrected chi connectivity index (χ1v) is 11.8. The van der Waals surface area contributed by atoms with Crippen LogP contribution in [0.25, 0.3) is 0 Å². The van der Waals surface area contributed by atoms with Gasteiger partial charge in [0.15, 0.2) is 11.6 Å². The fourth-order valence-electron chi connectivity index (χ4n) is 3.92. The third-order valence-corrected chi connectivity index (χ3v) is 5.69. The second-order valence-corrected chi connectivity index (χ2v) is 8.35. The Labute approximate surface area is 211 Å². The number of nitrogens with two attached hydrogens (primary N) is 1. The maximum atomic E-state index is 6.62. The van der Waals surface area contributed by atoms with Gasteiger partial charge >= 0.3 is 0 Å². The van der Waals surface area contributed by atoms with Gasteiger partial charge in [0.1, 0.15) is 23.5 Å². The standard InChI is InChI=1S/C30H27N5O/c31-28-29(34-25-16-18-27(19-17-25)36-26-14-8-3-9-15-26)32-22-33-30(28)35(20-23-10-4-1-5-11-23)21-24-12-6-2-7-13-24/h1-19,22H,20-21,31H2,(H,32,33,34). The van der Waals surface area contributed by atoms with E-state index in [9.17, 15) is 0 Å². The van der Waals surface area contributed by atoms with Crippen molar-refractivity contribution in [1.82, 2.24) is 9.97 Å². The molecule has 0 aliphatic heterocycles. The van der Waals surface area contributed by atoms with E-state index in [0.29, 0.717) is 30.4 Å². The van der Waals surface area contributed by atoms with Gasteiger partial charge in [-0.1, -0.05) is 78.9 Å². The summed E-state index contributed by atoms with van der Waals surface area (Å²) in [5.74, 6) is 2.78. The summed E-state index contributed by atoms with van der Waals surface area (Å²) in [5, 5.41) is 3.33. The summed E-state index contributed by atoms with van der Waals surface area (Å²) in [7, 11) is 0. The Morgan fingerprint density at radius 1 is 0.639 bits per heavy atom. The molecule has 1 heterocycles. The van der Waals surface area contributed by atoms with Gasteiger partial charge in [-0.05, 0) is 47.5 Å². The van der Waals surface area contributed by atoms with Crippen LogP contribution >= 0.6 is 0 Å². The molecule has 0 saturated heterocycles. The van der Waals surface area contributed by atoms with Crippen molar-refractivity contribution in [1.29, 1.82) is 0 Å². The zero-order chi connectivity index (χ0) is 24.6. The highest BCUT2D eigenvalue weighted by Crippen LogP contribution is 2.31. The van der Waals surface area contributed by atoms with Crippen molar-refractivity contribution >= 4 is 23.0 Å². The first kappa shape index (κ1) is 22.9. The maximum Gasteiger partial charge on any atom is 0.159 e. The largest absolute Gasteiger partial charge is 0.457 e.